The molecule has 0 spiro atoms. The molecule has 4 heteroatoms. The van der Waals surface area contributed by atoms with Gasteiger partial charge in [0.25, 0.3) is 0 Å². The first-order valence-electron chi connectivity index (χ1n) is 6.90. The van der Waals surface area contributed by atoms with Crippen molar-refractivity contribution in [2.75, 3.05) is 6.54 Å². The van der Waals surface area contributed by atoms with Crippen molar-refractivity contribution in [3.8, 4) is 0 Å². The topological polar surface area (TPSA) is 42.7 Å². The Hall–Kier alpha value is -0.900. The van der Waals surface area contributed by atoms with Crippen molar-refractivity contribution >= 4 is 0 Å². The Balaban J connectivity index is 1.84. The fraction of sp³-hybridized carbons (Fsp3) is 0.846. The molecule has 1 N–H and O–H groups in total. The van der Waals surface area contributed by atoms with Gasteiger partial charge in [0.05, 0.1) is 0 Å². The normalized spacial score (nSPS) is 30.2. The maximum atomic E-state index is 4.84. The quantitative estimate of drug-likeness (QED) is 0.850. The van der Waals surface area contributed by atoms with Crippen LogP contribution in [0.2, 0.25) is 0 Å². The molecule has 1 aromatic heterocycles. The van der Waals surface area contributed by atoms with Crippen LogP contribution in [0.15, 0.2) is 0 Å². The summed E-state index contributed by atoms with van der Waals surface area (Å²) in [6.45, 7) is 3.36. The van der Waals surface area contributed by atoms with Crippen molar-refractivity contribution in [3.63, 3.8) is 0 Å². The Morgan fingerprint density at radius 3 is 2.65 bits per heavy atom. The van der Waals surface area contributed by atoms with E-state index in [0.29, 0.717) is 17.9 Å². The van der Waals surface area contributed by atoms with E-state index in [2.05, 4.69) is 17.3 Å². The van der Waals surface area contributed by atoms with Gasteiger partial charge < -0.3 is 5.32 Å². The van der Waals surface area contributed by atoms with Crippen molar-refractivity contribution in [1.29, 1.82) is 0 Å². The number of hydrogen-bond acceptors (Lipinski definition) is 3. The molecule has 2 aliphatic rings. The largest absolute Gasteiger partial charge is 0.314 e. The number of aromatic nitrogens is 3. The fourth-order valence-corrected chi connectivity index (χ4v) is 3.31. The van der Waals surface area contributed by atoms with Crippen LogP contribution in [-0.4, -0.2) is 27.4 Å². The molecule has 0 aromatic carbocycles. The van der Waals surface area contributed by atoms with Crippen molar-refractivity contribution in [2.24, 2.45) is 7.05 Å². The predicted molar refractivity (Wildman–Crippen MR) is 67.0 cm³/mol. The highest BCUT2D eigenvalue weighted by molar-refractivity contribution is 5.09. The number of nitrogens with one attached hydrogen (secondary N) is 1. The zero-order chi connectivity index (χ0) is 11.8. The van der Waals surface area contributed by atoms with Gasteiger partial charge in [-0.2, -0.15) is 5.10 Å². The highest BCUT2D eigenvalue weighted by Gasteiger charge is 2.30. The van der Waals surface area contributed by atoms with Crippen LogP contribution in [0.5, 0.6) is 0 Å². The summed E-state index contributed by atoms with van der Waals surface area (Å²) in [5.74, 6) is 3.45. The second-order valence-corrected chi connectivity index (χ2v) is 5.57. The molecule has 4 nitrogen and oxygen atoms in total. The maximum Gasteiger partial charge on any atom is 0.154 e. The van der Waals surface area contributed by atoms with Crippen molar-refractivity contribution in [3.05, 3.63) is 11.6 Å². The maximum absolute atomic E-state index is 4.84. The van der Waals surface area contributed by atoms with E-state index in [4.69, 9.17) is 4.98 Å². The summed E-state index contributed by atoms with van der Waals surface area (Å²) < 4.78 is 2.02. The number of nitrogens with zero attached hydrogens (tertiary/aromatic N) is 3. The Kier molecular flexibility index (Phi) is 2.90. The van der Waals surface area contributed by atoms with Crippen LogP contribution in [0.25, 0.3) is 0 Å². The lowest BCUT2D eigenvalue weighted by atomic mass is 10.0. The van der Waals surface area contributed by atoms with Gasteiger partial charge in [0.1, 0.15) is 5.82 Å². The summed E-state index contributed by atoms with van der Waals surface area (Å²) in [7, 11) is 2.05. The summed E-state index contributed by atoms with van der Waals surface area (Å²) in [5.41, 5.74) is 0. The molecule has 1 aliphatic heterocycles. The lowest BCUT2D eigenvalue weighted by Crippen LogP contribution is -2.23. The first kappa shape index (κ1) is 11.2. The lowest BCUT2D eigenvalue weighted by molar-refractivity contribution is 0.537. The SMILES string of the molecule is CC1NCCC1c1nc(C2CCCC2)nn1C. The molecular weight excluding hydrogens is 212 g/mol. The molecule has 3 rings (SSSR count). The van der Waals surface area contributed by atoms with E-state index >= 15 is 0 Å². The van der Waals surface area contributed by atoms with E-state index < -0.39 is 0 Å². The molecule has 17 heavy (non-hydrogen) atoms. The van der Waals surface area contributed by atoms with Gasteiger partial charge in [-0.05, 0) is 32.7 Å². The molecule has 2 fully saturated rings. The summed E-state index contributed by atoms with van der Waals surface area (Å²) in [5, 5.41) is 8.14. The van der Waals surface area contributed by atoms with E-state index in [1.807, 2.05) is 11.7 Å². The second kappa shape index (κ2) is 4.41. The van der Waals surface area contributed by atoms with Gasteiger partial charge in [-0.3, -0.25) is 4.68 Å². The van der Waals surface area contributed by atoms with E-state index in [9.17, 15) is 0 Å². The molecular formula is C13H22N4. The lowest BCUT2D eigenvalue weighted by Gasteiger charge is -2.13. The molecule has 0 amide bonds. The Morgan fingerprint density at radius 1 is 1.24 bits per heavy atom. The van der Waals surface area contributed by atoms with Crippen LogP contribution in [0.3, 0.4) is 0 Å². The summed E-state index contributed by atoms with van der Waals surface area (Å²) in [4.78, 5) is 4.84. The van der Waals surface area contributed by atoms with Crippen LogP contribution in [-0.2, 0) is 7.05 Å². The van der Waals surface area contributed by atoms with E-state index in [0.717, 1.165) is 12.4 Å². The molecule has 1 saturated carbocycles. The first-order valence-corrected chi connectivity index (χ1v) is 6.90. The molecule has 1 aliphatic carbocycles. The van der Waals surface area contributed by atoms with Gasteiger partial charge in [0.15, 0.2) is 5.82 Å². The smallest absolute Gasteiger partial charge is 0.154 e. The third-order valence-corrected chi connectivity index (χ3v) is 4.39. The van der Waals surface area contributed by atoms with Gasteiger partial charge in [-0.1, -0.05) is 12.8 Å². The van der Waals surface area contributed by atoms with Gasteiger partial charge >= 0.3 is 0 Å². The van der Waals surface area contributed by atoms with Gasteiger partial charge in [0, 0.05) is 24.9 Å². The number of hydrogen-bond donors (Lipinski definition) is 1. The van der Waals surface area contributed by atoms with Gasteiger partial charge in [0.2, 0.25) is 0 Å². The summed E-state index contributed by atoms with van der Waals surface area (Å²) in [6, 6.07) is 0.536. The monoisotopic (exact) mass is 234 g/mol. The Morgan fingerprint density at radius 2 is 2.00 bits per heavy atom. The third kappa shape index (κ3) is 1.99. The van der Waals surface area contributed by atoms with E-state index in [-0.39, 0.29) is 0 Å². The second-order valence-electron chi connectivity index (χ2n) is 5.57. The van der Waals surface area contributed by atoms with Crippen molar-refractivity contribution in [2.45, 2.75) is 56.9 Å². The van der Waals surface area contributed by atoms with Crippen LogP contribution in [0.1, 0.15) is 62.5 Å². The predicted octanol–water partition coefficient (Wildman–Crippen LogP) is 1.94. The average molecular weight is 234 g/mol. The van der Waals surface area contributed by atoms with Gasteiger partial charge in [-0.15, -0.1) is 0 Å². The molecule has 0 radical (unpaired) electrons. The molecule has 1 aromatic rings. The zero-order valence-electron chi connectivity index (χ0n) is 10.8. The molecule has 94 valence electrons. The van der Waals surface area contributed by atoms with E-state index in [1.165, 1.54) is 37.9 Å². The fourth-order valence-electron chi connectivity index (χ4n) is 3.31. The minimum atomic E-state index is 0.536. The molecule has 2 unspecified atom stereocenters. The minimum Gasteiger partial charge on any atom is -0.314 e. The number of rotatable bonds is 2. The first-order chi connectivity index (χ1) is 8.25. The Bertz CT molecular complexity index is 392. The van der Waals surface area contributed by atoms with Crippen LogP contribution >= 0.6 is 0 Å². The molecule has 2 heterocycles. The summed E-state index contributed by atoms with van der Waals surface area (Å²) in [6.07, 6.45) is 6.45. The molecule has 2 atom stereocenters. The van der Waals surface area contributed by atoms with Gasteiger partial charge in [-0.25, -0.2) is 4.98 Å². The minimum absolute atomic E-state index is 0.536. The van der Waals surface area contributed by atoms with E-state index in [1.54, 1.807) is 0 Å². The molecule has 1 saturated heterocycles. The molecule has 0 bridgehead atoms. The van der Waals surface area contributed by atoms with Crippen LogP contribution in [0, 0.1) is 0 Å². The Labute approximate surface area is 103 Å². The van der Waals surface area contributed by atoms with Crippen LogP contribution in [0.4, 0.5) is 0 Å². The standard InChI is InChI=1S/C13H22N4/c1-9-11(7-8-14-9)13-15-12(16-17(13)2)10-5-3-4-6-10/h9-11,14H,3-8H2,1-2H3. The zero-order valence-corrected chi connectivity index (χ0v) is 10.8. The van der Waals surface area contributed by atoms with Crippen molar-refractivity contribution in [1.82, 2.24) is 20.1 Å². The van der Waals surface area contributed by atoms with Crippen LogP contribution < -0.4 is 5.32 Å². The van der Waals surface area contributed by atoms with Crippen molar-refractivity contribution < 1.29 is 0 Å². The third-order valence-electron chi connectivity index (χ3n) is 4.39. The average Bonchev–Trinajstić information content (AvgIpc) is 2.98. The number of aryl methyl sites for hydroxylation is 1. The highest BCUT2D eigenvalue weighted by atomic mass is 15.3. The summed E-state index contributed by atoms with van der Waals surface area (Å²) >= 11 is 0. The highest BCUT2D eigenvalue weighted by Crippen LogP contribution is 2.34.